The molecule has 3 heterocycles. The molecule has 0 saturated carbocycles. The molecular weight excluding hydrogens is 344 g/mol. The molecule has 2 saturated heterocycles. The van der Waals surface area contributed by atoms with Gasteiger partial charge in [0.1, 0.15) is 5.70 Å². The third-order valence-electron chi connectivity index (χ3n) is 5.35. The first-order valence-corrected chi connectivity index (χ1v) is 9.72. The van der Waals surface area contributed by atoms with E-state index < -0.39 is 0 Å². The molecule has 6 heteroatoms. The van der Waals surface area contributed by atoms with Crippen LogP contribution in [0.4, 0.5) is 0 Å². The van der Waals surface area contributed by atoms with Crippen molar-refractivity contribution in [1.82, 2.24) is 9.80 Å². The fourth-order valence-electron chi connectivity index (χ4n) is 4.24. The van der Waals surface area contributed by atoms with Gasteiger partial charge in [-0.2, -0.15) is 0 Å². The van der Waals surface area contributed by atoms with E-state index in [4.69, 9.17) is 9.47 Å². The lowest BCUT2D eigenvalue weighted by Gasteiger charge is -2.37. The molecule has 1 aromatic carbocycles. The molecule has 2 fully saturated rings. The minimum atomic E-state index is -0.219. The highest BCUT2D eigenvalue weighted by Gasteiger charge is 2.44. The summed E-state index contributed by atoms with van der Waals surface area (Å²) in [6.45, 7) is 6.22. The van der Waals surface area contributed by atoms with E-state index in [0.717, 1.165) is 18.4 Å². The number of hydrogen-bond acceptors (Lipinski definition) is 5. The molecule has 3 aliphatic heterocycles. The molecule has 144 valence electrons. The van der Waals surface area contributed by atoms with Gasteiger partial charge in [-0.05, 0) is 32.3 Å². The number of morpholine rings is 1. The molecule has 6 nitrogen and oxygen atoms in total. The van der Waals surface area contributed by atoms with Crippen molar-refractivity contribution >= 4 is 17.4 Å². The van der Waals surface area contributed by atoms with Crippen LogP contribution in [0.2, 0.25) is 0 Å². The molecule has 0 spiro atoms. The molecule has 2 amide bonds. The summed E-state index contributed by atoms with van der Waals surface area (Å²) in [5.74, 6) is -0.431. The summed E-state index contributed by atoms with van der Waals surface area (Å²) in [4.78, 5) is 30.0. The number of rotatable bonds is 4. The van der Waals surface area contributed by atoms with Gasteiger partial charge in [-0.1, -0.05) is 30.3 Å². The van der Waals surface area contributed by atoms with E-state index in [1.165, 1.54) is 4.90 Å². The van der Waals surface area contributed by atoms with Gasteiger partial charge in [0.05, 0.1) is 30.4 Å². The van der Waals surface area contributed by atoms with Crippen molar-refractivity contribution in [2.24, 2.45) is 0 Å². The first-order valence-electron chi connectivity index (χ1n) is 9.72. The van der Waals surface area contributed by atoms with E-state index in [1.54, 1.807) is 0 Å². The Morgan fingerprint density at radius 1 is 1.04 bits per heavy atom. The van der Waals surface area contributed by atoms with Crippen molar-refractivity contribution in [3.8, 4) is 0 Å². The summed E-state index contributed by atoms with van der Waals surface area (Å²) in [7, 11) is 0. The third-order valence-corrected chi connectivity index (χ3v) is 5.35. The van der Waals surface area contributed by atoms with Crippen molar-refractivity contribution in [1.29, 1.82) is 0 Å². The maximum absolute atomic E-state index is 13.3. The number of ether oxygens (including phenoxy) is 2. The van der Waals surface area contributed by atoms with Crippen molar-refractivity contribution in [3.05, 3.63) is 41.6 Å². The van der Waals surface area contributed by atoms with Crippen LogP contribution in [0, 0.1) is 0 Å². The molecule has 3 atom stereocenters. The molecule has 0 aliphatic carbocycles. The molecule has 4 rings (SSSR count). The molecule has 3 unspecified atom stereocenters. The topological polar surface area (TPSA) is 59.1 Å². The fourth-order valence-corrected chi connectivity index (χ4v) is 4.24. The number of amides is 2. The van der Waals surface area contributed by atoms with Gasteiger partial charge in [0, 0.05) is 19.7 Å². The normalized spacial score (nSPS) is 29.2. The predicted molar refractivity (Wildman–Crippen MR) is 101 cm³/mol. The molecular formula is C21H26N2O4. The third kappa shape index (κ3) is 3.51. The largest absolute Gasteiger partial charge is 0.376 e. The highest BCUT2D eigenvalue weighted by atomic mass is 16.5. The van der Waals surface area contributed by atoms with E-state index in [9.17, 15) is 9.59 Å². The summed E-state index contributed by atoms with van der Waals surface area (Å²) >= 11 is 0. The monoisotopic (exact) mass is 370 g/mol. The highest BCUT2D eigenvalue weighted by Crippen LogP contribution is 2.33. The lowest BCUT2D eigenvalue weighted by Crippen LogP contribution is -2.47. The molecule has 0 radical (unpaired) electrons. The van der Waals surface area contributed by atoms with Gasteiger partial charge in [0.15, 0.2) is 0 Å². The first kappa shape index (κ1) is 18.2. The predicted octanol–water partition coefficient (Wildman–Crippen LogP) is 2.05. The average Bonchev–Trinajstić information content (AvgIpc) is 3.24. The minimum Gasteiger partial charge on any atom is -0.376 e. The Morgan fingerprint density at radius 3 is 2.37 bits per heavy atom. The van der Waals surface area contributed by atoms with Crippen LogP contribution >= 0.6 is 0 Å². The molecule has 0 aromatic heterocycles. The molecule has 1 aromatic rings. The Hall–Kier alpha value is -2.18. The van der Waals surface area contributed by atoms with Crippen molar-refractivity contribution in [2.75, 3.05) is 26.2 Å². The number of carbonyl (C=O) groups is 2. The van der Waals surface area contributed by atoms with Crippen molar-refractivity contribution < 1.29 is 19.1 Å². The second kappa shape index (κ2) is 7.44. The van der Waals surface area contributed by atoms with E-state index in [2.05, 4.69) is 0 Å². The van der Waals surface area contributed by atoms with Gasteiger partial charge < -0.3 is 14.4 Å². The highest BCUT2D eigenvalue weighted by molar-refractivity contribution is 6.35. The van der Waals surface area contributed by atoms with Crippen LogP contribution in [0.1, 0.15) is 32.3 Å². The smallest absolute Gasteiger partial charge is 0.277 e. The van der Waals surface area contributed by atoms with Gasteiger partial charge in [-0.3, -0.25) is 14.5 Å². The van der Waals surface area contributed by atoms with E-state index >= 15 is 0 Å². The molecule has 0 bridgehead atoms. The van der Waals surface area contributed by atoms with Gasteiger partial charge in [0.25, 0.3) is 11.8 Å². The minimum absolute atomic E-state index is 0.00777. The summed E-state index contributed by atoms with van der Waals surface area (Å²) in [6.07, 6.45) is 1.82. The van der Waals surface area contributed by atoms with Crippen molar-refractivity contribution in [2.45, 2.75) is 45.0 Å². The molecule has 0 N–H and O–H groups in total. The van der Waals surface area contributed by atoms with Crippen LogP contribution < -0.4 is 0 Å². The van der Waals surface area contributed by atoms with Gasteiger partial charge >= 0.3 is 0 Å². The van der Waals surface area contributed by atoms with Crippen LogP contribution in [0.25, 0.3) is 5.57 Å². The van der Waals surface area contributed by atoms with Crippen LogP contribution in [-0.4, -0.2) is 66.2 Å². The molecule has 27 heavy (non-hydrogen) atoms. The number of nitrogens with zero attached hydrogens (tertiary/aromatic N) is 2. The van der Waals surface area contributed by atoms with Crippen LogP contribution in [0.15, 0.2) is 36.0 Å². The lowest BCUT2D eigenvalue weighted by atomic mass is 10.0. The SMILES string of the molecule is CC1CN(C2=C(c3ccccc3)C(=O)N(CC3CCCO3)C2=O)CC(C)O1. The quantitative estimate of drug-likeness (QED) is 0.760. The van der Waals surface area contributed by atoms with E-state index in [-0.39, 0.29) is 30.1 Å². The first-order chi connectivity index (χ1) is 13.0. The Labute approximate surface area is 159 Å². The fraction of sp³-hybridized carbons (Fsp3) is 0.524. The zero-order valence-electron chi connectivity index (χ0n) is 15.9. The maximum atomic E-state index is 13.3. The summed E-state index contributed by atoms with van der Waals surface area (Å²) in [5, 5.41) is 0. The Balaban J connectivity index is 1.70. The second-order valence-corrected chi connectivity index (χ2v) is 7.61. The average molecular weight is 370 g/mol. The van der Waals surface area contributed by atoms with Crippen LogP contribution in [-0.2, 0) is 19.1 Å². The van der Waals surface area contributed by atoms with Gasteiger partial charge in [0.2, 0.25) is 0 Å². The molecule has 3 aliphatic rings. The number of benzene rings is 1. The zero-order valence-corrected chi connectivity index (χ0v) is 15.9. The number of carbonyl (C=O) groups excluding carboxylic acids is 2. The maximum Gasteiger partial charge on any atom is 0.277 e. The van der Waals surface area contributed by atoms with Crippen LogP contribution in [0.3, 0.4) is 0 Å². The standard InChI is InChI=1S/C21H26N2O4/c1-14-11-22(12-15(2)27-14)19-18(16-7-4-3-5-8-16)20(24)23(21(19)25)13-17-9-6-10-26-17/h3-5,7-8,14-15,17H,6,9-13H2,1-2H3. The summed E-state index contributed by atoms with van der Waals surface area (Å²) in [6, 6.07) is 9.48. The van der Waals surface area contributed by atoms with Gasteiger partial charge in [-0.25, -0.2) is 0 Å². The van der Waals surface area contributed by atoms with Crippen molar-refractivity contribution in [3.63, 3.8) is 0 Å². The number of hydrogen-bond donors (Lipinski definition) is 0. The Bertz CT molecular complexity index is 745. The Morgan fingerprint density at radius 2 is 1.74 bits per heavy atom. The summed E-state index contributed by atoms with van der Waals surface area (Å²) < 4.78 is 11.5. The second-order valence-electron chi connectivity index (χ2n) is 7.61. The zero-order chi connectivity index (χ0) is 19.0. The number of imide groups is 1. The van der Waals surface area contributed by atoms with Crippen LogP contribution in [0.5, 0.6) is 0 Å². The lowest BCUT2D eigenvalue weighted by molar-refractivity contribution is -0.140. The van der Waals surface area contributed by atoms with E-state index in [0.29, 0.717) is 37.5 Å². The summed E-state index contributed by atoms with van der Waals surface area (Å²) in [5.41, 5.74) is 1.79. The van der Waals surface area contributed by atoms with E-state index in [1.807, 2.05) is 49.1 Å². The Kier molecular flexibility index (Phi) is 5.02. The van der Waals surface area contributed by atoms with Gasteiger partial charge in [-0.15, -0.1) is 0 Å².